The van der Waals surface area contributed by atoms with Gasteiger partial charge in [0, 0.05) is 6.54 Å². The number of ether oxygens (including phenoxy) is 1. The van der Waals surface area contributed by atoms with Gasteiger partial charge < -0.3 is 10.1 Å². The summed E-state index contributed by atoms with van der Waals surface area (Å²) in [5, 5.41) is 2.81. The molecule has 0 atom stereocenters. The number of esters is 1. The first kappa shape index (κ1) is 22.7. The van der Waals surface area contributed by atoms with E-state index < -0.39 is 5.41 Å². The smallest absolute Gasteiger partial charge is 0.312 e. The minimum Gasteiger partial charge on any atom is -0.455 e. The Morgan fingerprint density at radius 3 is 2.08 bits per heavy atom. The van der Waals surface area contributed by atoms with Crippen molar-refractivity contribution in [2.24, 2.45) is 16.7 Å². The van der Waals surface area contributed by atoms with E-state index >= 15 is 0 Å². The monoisotopic (exact) mass is 339 g/mol. The van der Waals surface area contributed by atoms with Gasteiger partial charge in [0.15, 0.2) is 6.61 Å². The normalized spacial score (nSPS) is 13.6. The van der Waals surface area contributed by atoms with Crippen LogP contribution in [0.3, 0.4) is 0 Å². The molecular formula is C20H37NO3. The van der Waals surface area contributed by atoms with Crippen LogP contribution in [-0.4, -0.2) is 25.0 Å². The van der Waals surface area contributed by atoms with Crippen molar-refractivity contribution >= 4 is 11.9 Å². The predicted octanol–water partition coefficient (Wildman–Crippen LogP) is 4.49. The molecule has 1 N–H and O–H groups in total. The van der Waals surface area contributed by atoms with E-state index in [0.717, 1.165) is 18.4 Å². The van der Waals surface area contributed by atoms with Gasteiger partial charge in [0.05, 0.1) is 5.41 Å². The molecule has 0 radical (unpaired) electrons. The van der Waals surface area contributed by atoms with Crippen LogP contribution in [0.15, 0.2) is 11.1 Å². The summed E-state index contributed by atoms with van der Waals surface area (Å²) in [4.78, 5) is 24.2. The maximum absolute atomic E-state index is 12.3. The molecule has 0 aromatic carbocycles. The average molecular weight is 340 g/mol. The minimum absolute atomic E-state index is 0.0705. The quantitative estimate of drug-likeness (QED) is 0.497. The fraction of sp³-hybridized carbons (Fsp3) is 0.800. The van der Waals surface area contributed by atoms with Crippen molar-refractivity contribution in [2.45, 2.75) is 75.2 Å². The van der Waals surface area contributed by atoms with Crippen molar-refractivity contribution in [1.29, 1.82) is 0 Å². The molecule has 0 aliphatic rings. The summed E-state index contributed by atoms with van der Waals surface area (Å²) < 4.78 is 5.23. The van der Waals surface area contributed by atoms with Gasteiger partial charge in [-0.15, -0.1) is 0 Å². The van der Waals surface area contributed by atoms with E-state index in [4.69, 9.17) is 4.74 Å². The van der Waals surface area contributed by atoms with Crippen LogP contribution in [0.2, 0.25) is 0 Å². The van der Waals surface area contributed by atoms with E-state index in [2.05, 4.69) is 46.9 Å². The number of rotatable bonds is 9. The summed E-state index contributed by atoms with van der Waals surface area (Å²) in [6.07, 6.45) is 1.72. The molecule has 0 aliphatic carbocycles. The van der Waals surface area contributed by atoms with Crippen molar-refractivity contribution in [1.82, 2.24) is 5.32 Å². The van der Waals surface area contributed by atoms with Gasteiger partial charge in [-0.05, 0) is 45.4 Å². The molecule has 4 heteroatoms. The molecule has 0 saturated heterocycles. The van der Waals surface area contributed by atoms with Crippen molar-refractivity contribution in [3.05, 3.63) is 11.1 Å². The van der Waals surface area contributed by atoms with Crippen LogP contribution < -0.4 is 5.32 Å². The lowest BCUT2D eigenvalue weighted by atomic mass is 9.74. The Bertz CT molecular complexity index is 473. The first-order valence-electron chi connectivity index (χ1n) is 8.92. The third kappa shape index (κ3) is 7.98. The van der Waals surface area contributed by atoms with Gasteiger partial charge in [-0.2, -0.15) is 0 Å². The Morgan fingerprint density at radius 1 is 1.08 bits per heavy atom. The Hall–Kier alpha value is -1.32. The first-order chi connectivity index (χ1) is 10.8. The maximum Gasteiger partial charge on any atom is 0.312 e. The second-order valence-corrected chi connectivity index (χ2v) is 8.55. The summed E-state index contributed by atoms with van der Waals surface area (Å²) in [5.74, 6) is -0.114. The number of carbonyl (C=O) groups excluding carboxylic acids is 2. The van der Waals surface area contributed by atoms with Crippen LogP contribution in [-0.2, 0) is 14.3 Å². The van der Waals surface area contributed by atoms with Gasteiger partial charge in [-0.3, -0.25) is 9.59 Å². The number of hydrogen-bond donors (Lipinski definition) is 1. The largest absolute Gasteiger partial charge is 0.455 e. The van der Waals surface area contributed by atoms with Gasteiger partial charge in [0.25, 0.3) is 5.91 Å². The van der Waals surface area contributed by atoms with Gasteiger partial charge in [0.1, 0.15) is 0 Å². The molecule has 0 bridgehead atoms. The zero-order chi connectivity index (χ0) is 19.1. The maximum atomic E-state index is 12.3. The summed E-state index contributed by atoms with van der Waals surface area (Å²) in [6, 6.07) is 0. The van der Waals surface area contributed by atoms with Crippen LogP contribution in [0.5, 0.6) is 0 Å². The van der Waals surface area contributed by atoms with Crippen LogP contribution in [0.4, 0.5) is 0 Å². The predicted molar refractivity (Wildman–Crippen MR) is 99.7 cm³/mol. The molecule has 0 heterocycles. The summed E-state index contributed by atoms with van der Waals surface area (Å²) in [6.45, 7) is 18.8. The van der Waals surface area contributed by atoms with Gasteiger partial charge in [0.2, 0.25) is 0 Å². The average Bonchev–Trinajstić information content (AvgIpc) is 2.48. The fourth-order valence-corrected chi connectivity index (χ4v) is 2.63. The number of amides is 1. The number of allylic oxidation sites excluding steroid dienone is 1. The third-order valence-electron chi connectivity index (χ3n) is 4.85. The summed E-state index contributed by atoms with van der Waals surface area (Å²) >= 11 is 0. The number of nitrogens with one attached hydrogen (secondary N) is 1. The second-order valence-electron chi connectivity index (χ2n) is 8.55. The zero-order valence-electron chi connectivity index (χ0n) is 17.1. The highest BCUT2D eigenvalue weighted by molar-refractivity contribution is 5.82. The van der Waals surface area contributed by atoms with Crippen LogP contribution in [0, 0.1) is 16.7 Å². The highest BCUT2D eigenvalue weighted by Gasteiger charge is 2.35. The highest BCUT2D eigenvalue weighted by Crippen LogP contribution is 2.36. The molecule has 4 nitrogen and oxygen atoms in total. The van der Waals surface area contributed by atoms with Gasteiger partial charge >= 0.3 is 5.97 Å². The Kier molecular flexibility index (Phi) is 8.73. The molecule has 0 saturated carbocycles. The number of carbonyl (C=O) groups is 2. The Morgan fingerprint density at radius 2 is 1.62 bits per heavy atom. The Balaban J connectivity index is 4.46. The zero-order valence-corrected chi connectivity index (χ0v) is 17.1. The lowest BCUT2D eigenvalue weighted by Crippen LogP contribution is -2.36. The van der Waals surface area contributed by atoms with E-state index in [9.17, 15) is 9.59 Å². The SMILES string of the molecule is CCC(C)(C)CC(C)(C)C(=O)OCC(=O)NCC(C)=C(C)C(C)C. The molecule has 140 valence electrons. The molecule has 0 spiro atoms. The van der Waals surface area contributed by atoms with E-state index in [1.165, 1.54) is 5.57 Å². The van der Waals surface area contributed by atoms with E-state index in [1.54, 1.807) is 0 Å². The van der Waals surface area contributed by atoms with Gasteiger partial charge in [-0.1, -0.05) is 52.2 Å². The van der Waals surface area contributed by atoms with Crippen molar-refractivity contribution in [3.63, 3.8) is 0 Å². The molecule has 0 fully saturated rings. The molecule has 0 rings (SSSR count). The molecular weight excluding hydrogens is 302 g/mol. The van der Waals surface area contributed by atoms with Crippen molar-refractivity contribution < 1.29 is 14.3 Å². The van der Waals surface area contributed by atoms with Crippen LogP contribution >= 0.6 is 0 Å². The summed E-state index contributed by atoms with van der Waals surface area (Å²) in [5.41, 5.74) is 1.90. The topological polar surface area (TPSA) is 55.4 Å². The van der Waals surface area contributed by atoms with Crippen molar-refractivity contribution in [3.8, 4) is 0 Å². The minimum atomic E-state index is -0.593. The lowest BCUT2D eigenvalue weighted by molar-refractivity contribution is -0.158. The van der Waals surface area contributed by atoms with E-state index in [1.807, 2.05) is 20.8 Å². The molecule has 24 heavy (non-hydrogen) atoms. The lowest BCUT2D eigenvalue weighted by Gasteiger charge is -2.32. The van der Waals surface area contributed by atoms with Crippen molar-refractivity contribution in [2.75, 3.05) is 13.2 Å². The van der Waals surface area contributed by atoms with Crippen LogP contribution in [0.1, 0.15) is 75.2 Å². The number of hydrogen-bond acceptors (Lipinski definition) is 3. The van der Waals surface area contributed by atoms with Gasteiger partial charge in [-0.25, -0.2) is 0 Å². The molecule has 1 amide bonds. The Labute approximate surface area is 148 Å². The third-order valence-corrected chi connectivity index (χ3v) is 4.85. The fourth-order valence-electron chi connectivity index (χ4n) is 2.63. The standard InChI is InChI=1S/C20H37NO3/c1-10-19(6,7)13-20(8,9)18(23)24-12-17(22)21-11-15(4)16(5)14(2)3/h14H,10-13H2,1-9H3,(H,21,22). The molecule has 0 aromatic rings. The molecule has 0 aliphatic heterocycles. The van der Waals surface area contributed by atoms with Crippen LogP contribution in [0.25, 0.3) is 0 Å². The molecule has 0 unspecified atom stereocenters. The highest BCUT2D eigenvalue weighted by atomic mass is 16.5. The van der Waals surface area contributed by atoms with E-state index in [-0.39, 0.29) is 23.9 Å². The first-order valence-corrected chi connectivity index (χ1v) is 8.92. The summed E-state index contributed by atoms with van der Waals surface area (Å²) in [7, 11) is 0. The van der Waals surface area contributed by atoms with E-state index in [0.29, 0.717) is 12.5 Å². The second kappa shape index (κ2) is 9.24. The molecule has 0 aromatic heterocycles.